The molecular weight excluding hydrogens is 358 g/mol. The molecule has 8 heteroatoms. The Kier molecular flexibility index (Phi) is 5.68. The largest absolute Gasteiger partial charge is 0.378 e. The van der Waals surface area contributed by atoms with E-state index in [2.05, 4.69) is 25.5 Å². The molecule has 28 heavy (non-hydrogen) atoms. The molecule has 3 heterocycles. The summed E-state index contributed by atoms with van der Waals surface area (Å²) >= 11 is 0. The minimum Gasteiger partial charge on any atom is -0.378 e. The van der Waals surface area contributed by atoms with Crippen LogP contribution in [0.2, 0.25) is 0 Å². The number of benzene rings is 1. The zero-order valence-corrected chi connectivity index (χ0v) is 16.0. The first-order chi connectivity index (χ1) is 13.7. The fourth-order valence-corrected chi connectivity index (χ4v) is 3.36. The quantitative estimate of drug-likeness (QED) is 0.820. The van der Waals surface area contributed by atoms with Crippen LogP contribution in [-0.4, -0.2) is 54.9 Å². The Bertz CT molecular complexity index is 815. The van der Waals surface area contributed by atoms with Crippen molar-refractivity contribution in [3.8, 4) is 0 Å². The summed E-state index contributed by atoms with van der Waals surface area (Å²) in [5.74, 6) is 2.27. The van der Waals surface area contributed by atoms with Gasteiger partial charge in [-0.25, -0.2) is 9.97 Å². The number of ether oxygens (including phenoxy) is 2. The topological polar surface area (TPSA) is 88.6 Å². The molecule has 0 spiro atoms. The highest BCUT2D eigenvalue weighted by molar-refractivity contribution is 5.94. The summed E-state index contributed by atoms with van der Waals surface area (Å²) in [6, 6.07) is 9.51. The molecule has 2 N–H and O–H groups in total. The fourth-order valence-electron chi connectivity index (χ4n) is 3.36. The van der Waals surface area contributed by atoms with Crippen LogP contribution in [0.15, 0.2) is 30.3 Å². The van der Waals surface area contributed by atoms with Gasteiger partial charge < -0.3 is 25.0 Å². The maximum atomic E-state index is 12.1. The smallest absolute Gasteiger partial charge is 0.253 e. The van der Waals surface area contributed by atoms with E-state index in [1.807, 2.05) is 37.3 Å². The fraction of sp³-hybridized carbons (Fsp3) is 0.450. The van der Waals surface area contributed by atoms with Gasteiger partial charge >= 0.3 is 0 Å². The molecule has 1 aromatic heterocycles. The number of amides is 1. The van der Waals surface area contributed by atoms with Crippen LogP contribution in [0.5, 0.6) is 0 Å². The SMILES string of the molecule is Cc1nc(Nc2ccc(NC(=O)[C@@H]3CCCO3)cc2)cc(N2CCOCC2)n1. The van der Waals surface area contributed by atoms with E-state index in [1.165, 1.54) is 0 Å². The van der Waals surface area contributed by atoms with Gasteiger partial charge in [-0.05, 0) is 44.0 Å². The maximum absolute atomic E-state index is 12.1. The Hall–Kier alpha value is -2.71. The summed E-state index contributed by atoms with van der Waals surface area (Å²) in [7, 11) is 0. The van der Waals surface area contributed by atoms with Crippen LogP contribution in [0.3, 0.4) is 0 Å². The van der Waals surface area contributed by atoms with Crippen LogP contribution in [-0.2, 0) is 14.3 Å². The molecular formula is C20H25N5O3. The molecule has 1 amide bonds. The van der Waals surface area contributed by atoms with Crippen molar-refractivity contribution >= 4 is 28.9 Å². The Morgan fingerprint density at radius 1 is 1.11 bits per heavy atom. The van der Waals surface area contributed by atoms with Gasteiger partial charge in [-0.1, -0.05) is 0 Å². The number of carbonyl (C=O) groups excluding carboxylic acids is 1. The zero-order chi connectivity index (χ0) is 19.3. The number of nitrogens with zero attached hydrogens (tertiary/aromatic N) is 3. The lowest BCUT2D eigenvalue weighted by Gasteiger charge is -2.28. The van der Waals surface area contributed by atoms with E-state index < -0.39 is 0 Å². The van der Waals surface area contributed by atoms with Gasteiger partial charge in [0.25, 0.3) is 5.91 Å². The van der Waals surface area contributed by atoms with Crippen molar-refractivity contribution in [2.75, 3.05) is 48.4 Å². The summed E-state index contributed by atoms with van der Waals surface area (Å²) in [6.45, 7) is 5.63. The van der Waals surface area contributed by atoms with E-state index in [4.69, 9.17) is 9.47 Å². The average Bonchev–Trinajstić information content (AvgIpc) is 3.25. The Balaban J connectivity index is 1.41. The van der Waals surface area contributed by atoms with Gasteiger partial charge in [0.15, 0.2) is 0 Å². The summed E-state index contributed by atoms with van der Waals surface area (Å²) in [5.41, 5.74) is 1.64. The lowest BCUT2D eigenvalue weighted by molar-refractivity contribution is -0.124. The normalized spacial score (nSPS) is 19.5. The Morgan fingerprint density at radius 3 is 2.57 bits per heavy atom. The second-order valence-corrected chi connectivity index (χ2v) is 6.95. The van der Waals surface area contributed by atoms with Crippen molar-refractivity contribution in [2.45, 2.75) is 25.9 Å². The predicted molar refractivity (Wildman–Crippen MR) is 107 cm³/mol. The van der Waals surface area contributed by atoms with Gasteiger partial charge in [0, 0.05) is 37.1 Å². The number of aryl methyl sites for hydroxylation is 1. The molecule has 2 saturated heterocycles. The first-order valence-electron chi connectivity index (χ1n) is 9.65. The zero-order valence-electron chi connectivity index (χ0n) is 16.0. The molecule has 0 saturated carbocycles. The third-order valence-corrected chi connectivity index (χ3v) is 4.81. The van der Waals surface area contributed by atoms with Crippen molar-refractivity contribution in [3.05, 3.63) is 36.2 Å². The van der Waals surface area contributed by atoms with E-state index in [9.17, 15) is 4.79 Å². The third kappa shape index (κ3) is 4.58. The number of carbonyl (C=O) groups is 1. The molecule has 2 aliphatic rings. The minimum atomic E-state index is -0.333. The van der Waals surface area contributed by atoms with Crippen LogP contribution in [0.1, 0.15) is 18.7 Å². The van der Waals surface area contributed by atoms with Crippen LogP contribution in [0, 0.1) is 6.92 Å². The van der Waals surface area contributed by atoms with Gasteiger partial charge in [0.2, 0.25) is 0 Å². The number of aromatic nitrogens is 2. The van der Waals surface area contributed by atoms with Crippen LogP contribution < -0.4 is 15.5 Å². The second kappa shape index (κ2) is 8.53. The maximum Gasteiger partial charge on any atom is 0.253 e. The second-order valence-electron chi connectivity index (χ2n) is 6.95. The molecule has 2 aromatic rings. The Labute approximate surface area is 164 Å². The molecule has 2 aliphatic heterocycles. The highest BCUT2D eigenvalue weighted by atomic mass is 16.5. The van der Waals surface area contributed by atoms with Crippen molar-refractivity contribution in [1.29, 1.82) is 0 Å². The monoisotopic (exact) mass is 383 g/mol. The summed E-state index contributed by atoms with van der Waals surface area (Å²) in [6.07, 6.45) is 1.39. The molecule has 2 fully saturated rings. The van der Waals surface area contributed by atoms with Gasteiger partial charge in [-0.15, -0.1) is 0 Å². The average molecular weight is 383 g/mol. The Morgan fingerprint density at radius 2 is 1.86 bits per heavy atom. The van der Waals surface area contributed by atoms with E-state index in [1.54, 1.807) is 0 Å². The predicted octanol–water partition coefficient (Wildman–Crippen LogP) is 2.48. The minimum absolute atomic E-state index is 0.0835. The van der Waals surface area contributed by atoms with Crippen molar-refractivity contribution in [2.24, 2.45) is 0 Å². The van der Waals surface area contributed by atoms with E-state index in [0.717, 1.165) is 48.9 Å². The number of anilines is 4. The standard InChI is InChI=1S/C20H25N5O3/c1-14-21-18(13-19(22-14)25-8-11-27-12-9-25)23-15-4-6-16(7-5-15)24-20(26)17-3-2-10-28-17/h4-7,13,17H,2-3,8-12H2,1H3,(H,24,26)(H,21,22,23)/t17-/m0/s1. The molecule has 4 rings (SSSR count). The molecule has 1 atom stereocenters. The molecule has 148 valence electrons. The van der Waals surface area contributed by atoms with Gasteiger partial charge in [0.1, 0.15) is 23.6 Å². The summed E-state index contributed by atoms with van der Waals surface area (Å²) in [5, 5.41) is 6.21. The lowest BCUT2D eigenvalue weighted by atomic mass is 10.2. The molecule has 0 bridgehead atoms. The highest BCUT2D eigenvalue weighted by Crippen LogP contribution is 2.22. The molecule has 0 radical (unpaired) electrons. The van der Waals surface area contributed by atoms with Crippen molar-refractivity contribution < 1.29 is 14.3 Å². The van der Waals surface area contributed by atoms with E-state index in [0.29, 0.717) is 25.6 Å². The number of rotatable bonds is 5. The van der Waals surface area contributed by atoms with Crippen LogP contribution >= 0.6 is 0 Å². The van der Waals surface area contributed by atoms with Gasteiger partial charge in [-0.2, -0.15) is 0 Å². The highest BCUT2D eigenvalue weighted by Gasteiger charge is 2.23. The molecule has 0 aliphatic carbocycles. The first-order valence-corrected chi connectivity index (χ1v) is 9.65. The number of nitrogens with one attached hydrogen (secondary N) is 2. The van der Waals surface area contributed by atoms with Crippen molar-refractivity contribution in [3.63, 3.8) is 0 Å². The van der Waals surface area contributed by atoms with Crippen LogP contribution in [0.4, 0.5) is 23.0 Å². The van der Waals surface area contributed by atoms with Crippen molar-refractivity contribution in [1.82, 2.24) is 9.97 Å². The summed E-state index contributed by atoms with van der Waals surface area (Å²) in [4.78, 5) is 23.4. The van der Waals surface area contributed by atoms with Gasteiger partial charge in [0.05, 0.1) is 13.2 Å². The number of morpholine rings is 1. The molecule has 1 aromatic carbocycles. The van der Waals surface area contributed by atoms with E-state index in [-0.39, 0.29) is 12.0 Å². The molecule has 8 nitrogen and oxygen atoms in total. The van der Waals surface area contributed by atoms with E-state index >= 15 is 0 Å². The number of hydrogen-bond donors (Lipinski definition) is 2. The lowest BCUT2D eigenvalue weighted by Crippen LogP contribution is -2.36. The third-order valence-electron chi connectivity index (χ3n) is 4.81. The summed E-state index contributed by atoms with van der Waals surface area (Å²) < 4.78 is 10.8. The first kappa shape index (κ1) is 18.6. The van der Waals surface area contributed by atoms with Gasteiger partial charge in [-0.3, -0.25) is 4.79 Å². The molecule has 0 unspecified atom stereocenters. The van der Waals surface area contributed by atoms with Crippen LogP contribution in [0.25, 0.3) is 0 Å². The number of hydrogen-bond acceptors (Lipinski definition) is 7.